The van der Waals surface area contributed by atoms with Crippen LogP contribution in [0.3, 0.4) is 0 Å². The van der Waals surface area contributed by atoms with Crippen LogP contribution in [0.25, 0.3) is 0 Å². The van der Waals surface area contributed by atoms with Gasteiger partial charge in [0.1, 0.15) is 10.4 Å². The molecule has 0 aliphatic rings. The molecule has 7 nitrogen and oxygen atoms in total. The first kappa shape index (κ1) is 15.2. The number of hydrogen-bond donors (Lipinski definition) is 2. The molecule has 0 unspecified atom stereocenters. The zero-order valence-electron chi connectivity index (χ0n) is 12.0. The molecule has 0 saturated heterocycles. The predicted octanol–water partition coefficient (Wildman–Crippen LogP) is 2.17. The summed E-state index contributed by atoms with van der Waals surface area (Å²) in [7, 11) is 0. The van der Waals surface area contributed by atoms with Gasteiger partial charge in [-0.3, -0.25) is 4.79 Å². The molecule has 0 saturated carbocycles. The highest BCUT2D eigenvalue weighted by Crippen LogP contribution is 2.22. The third-order valence-electron chi connectivity index (χ3n) is 2.90. The van der Waals surface area contributed by atoms with Gasteiger partial charge in [-0.2, -0.15) is 0 Å². The van der Waals surface area contributed by atoms with Gasteiger partial charge in [-0.25, -0.2) is 4.79 Å². The zero-order valence-corrected chi connectivity index (χ0v) is 12.8. The molecular formula is C13H16N4O3S. The van der Waals surface area contributed by atoms with Crippen LogP contribution < -0.4 is 5.32 Å². The van der Waals surface area contributed by atoms with Crippen LogP contribution in [0.5, 0.6) is 0 Å². The number of ether oxygens (including phenoxy) is 1. The normalized spacial score (nSPS) is 10.4. The van der Waals surface area contributed by atoms with E-state index in [1.54, 1.807) is 20.0 Å². The molecular weight excluding hydrogens is 292 g/mol. The van der Waals surface area contributed by atoms with E-state index in [1.807, 2.05) is 6.92 Å². The summed E-state index contributed by atoms with van der Waals surface area (Å²) < 4.78 is 8.77. The van der Waals surface area contributed by atoms with Gasteiger partial charge in [0, 0.05) is 11.9 Å². The number of nitrogens with one attached hydrogen (secondary N) is 2. The molecule has 0 fully saturated rings. The standard InChI is InChI=1S/C13H16N4O3S/c1-4-8-11(21-17-16-8)12(18)15-9-6-14-7(3)10(9)13(19)20-5-2/h6,14H,4-5H2,1-3H3,(H,15,18). The van der Waals surface area contributed by atoms with E-state index in [1.165, 1.54) is 0 Å². The van der Waals surface area contributed by atoms with Crippen LogP contribution in [0, 0.1) is 6.92 Å². The van der Waals surface area contributed by atoms with E-state index in [-0.39, 0.29) is 12.5 Å². The molecule has 0 radical (unpaired) electrons. The number of H-pyrrole nitrogens is 1. The number of esters is 1. The quantitative estimate of drug-likeness (QED) is 0.825. The number of aromatic amines is 1. The summed E-state index contributed by atoms with van der Waals surface area (Å²) in [4.78, 5) is 27.5. The Labute approximate surface area is 125 Å². The third-order valence-corrected chi connectivity index (χ3v) is 3.67. The molecule has 0 aliphatic heterocycles. The maximum atomic E-state index is 12.3. The fraction of sp³-hybridized carbons (Fsp3) is 0.385. The number of nitrogens with zero attached hydrogens (tertiary/aromatic N) is 2. The Kier molecular flexibility index (Phi) is 4.69. The van der Waals surface area contributed by atoms with Crippen molar-refractivity contribution in [3.8, 4) is 0 Å². The lowest BCUT2D eigenvalue weighted by Gasteiger charge is -2.06. The van der Waals surface area contributed by atoms with Gasteiger partial charge in [-0.1, -0.05) is 11.4 Å². The number of aromatic nitrogens is 3. The Hall–Kier alpha value is -2.22. The largest absolute Gasteiger partial charge is 0.462 e. The third kappa shape index (κ3) is 3.10. The summed E-state index contributed by atoms with van der Waals surface area (Å²) in [5.41, 5.74) is 2.01. The first-order valence-electron chi connectivity index (χ1n) is 6.56. The second-order valence-corrected chi connectivity index (χ2v) is 5.03. The Morgan fingerprint density at radius 3 is 2.86 bits per heavy atom. The van der Waals surface area contributed by atoms with Crippen molar-refractivity contribution < 1.29 is 14.3 Å². The zero-order chi connectivity index (χ0) is 15.4. The van der Waals surface area contributed by atoms with Crippen LogP contribution in [0.2, 0.25) is 0 Å². The molecule has 0 spiro atoms. The molecule has 2 aromatic rings. The molecule has 0 aliphatic carbocycles. The van der Waals surface area contributed by atoms with Crippen molar-refractivity contribution in [3.63, 3.8) is 0 Å². The summed E-state index contributed by atoms with van der Waals surface area (Å²) in [6.45, 7) is 5.65. The van der Waals surface area contributed by atoms with Crippen LogP contribution in [0.15, 0.2) is 6.20 Å². The molecule has 2 heterocycles. The van der Waals surface area contributed by atoms with E-state index in [4.69, 9.17) is 4.74 Å². The number of carbonyl (C=O) groups excluding carboxylic acids is 2. The number of rotatable bonds is 5. The van der Waals surface area contributed by atoms with E-state index in [0.29, 0.717) is 33.9 Å². The molecule has 2 aromatic heterocycles. The van der Waals surface area contributed by atoms with Crippen LogP contribution in [-0.2, 0) is 11.2 Å². The lowest BCUT2D eigenvalue weighted by Crippen LogP contribution is -2.15. The van der Waals surface area contributed by atoms with Crippen molar-refractivity contribution >= 4 is 29.1 Å². The van der Waals surface area contributed by atoms with E-state index in [2.05, 4.69) is 19.9 Å². The van der Waals surface area contributed by atoms with E-state index >= 15 is 0 Å². The first-order chi connectivity index (χ1) is 10.1. The van der Waals surface area contributed by atoms with Crippen LogP contribution in [-0.4, -0.2) is 33.1 Å². The van der Waals surface area contributed by atoms with Gasteiger partial charge in [0.05, 0.1) is 18.0 Å². The highest BCUT2D eigenvalue weighted by atomic mass is 32.1. The summed E-state index contributed by atoms with van der Waals surface area (Å²) >= 11 is 1.03. The van der Waals surface area contributed by atoms with Crippen LogP contribution >= 0.6 is 11.5 Å². The summed E-state index contributed by atoms with van der Waals surface area (Å²) in [5, 5.41) is 6.60. The van der Waals surface area contributed by atoms with Crippen molar-refractivity contribution in [1.82, 2.24) is 14.6 Å². The van der Waals surface area contributed by atoms with Crippen LogP contribution in [0.4, 0.5) is 5.69 Å². The average molecular weight is 308 g/mol. The molecule has 2 rings (SSSR count). The molecule has 21 heavy (non-hydrogen) atoms. The fourth-order valence-corrected chi connectivity index (χ4v) is 2.53. The Balaban J connectivity index is 2.24. The predicted molar refractivity (Wildman–Crippen MR) is 78.7 cm³/mol. The highest BCUT2D eigenvalue weighted by molar-refractivity contribution is 7.08. The Morgan fingerprint density at radius 2 is 2.19 bits per heavy atom. The number of hydrogen-bond acceptors (Lipinski definition) is 6. The number of amides is 1. The van der Waals surface area contributed by atoms with Gasteiger partial charge in [0.25, 0.3) is 5.91 Å². The minimum atomic E-state index is -0.468. The van der Waals surface area contributed by atoms with Gasteiger partial charge in [0.15, 0.2) is 0 Å². The second-order valence-electron chi connectivity index (χ2n) is 4.28. The highest BCUT2D eigenvalue weighted by Gasteiger charge is 2.21. The lowest BCUT2D eigenvalue weighted by atomic mass is 10.2. The van der Waals surface area contributed by atoms with Gasteiger partial charge in [0.2, 0.25) is 0 Å². The van der Waals surface area contributed by atoms with E-state index in [0.717, 1.165) is 11.5 Å². The molecule has 0 aromatic carbocycles. The van der Waals surface area contributed by atoms with Crippen molar-refractivity contribution in [3.05, 3.63) is 28.0 Å². The number of anilines is 1. The minimum absolute atomic E-state index is 0.273. The second kappa shape index (κ2) is 6.49. The van der Waals surface area contributed by atoms with Crippen molar-refractivity contribution in [2.24, 2.45) is 0 Å². The van der Waals surface area contributed by atoms with E-state index < -0.39 is 5.97 Å². The summed E-state index contributed by atoms with van der Waals surface area (Å²) in [6, 6.07) is 0. The Morgan fingerprint density at radius 1 is 1.43 bits per heavy atom. The van der Waals surface area contributed by atoms with Crippen LogP contribution in [0.1, 0.15) is 45.3 Å². The average Bonchev–Trinajstić information content (AvgIpc) is 3.05. The SMILES string of the molecule is CCOC(=O)c1c(NC(=O)c2snnc2CC)c[nH]c1C. The van der Waals surface area contributed by atoms with Crippen molar-refractivity contribution in [1.29, 1.82) is 0 Å². The van der Waals surface area contributed by atoms with Gasteiger partial charge < -0.3 is 15.0 Å². The molecule has 1 amide bonds. The topological polar surface area (TPSA) is 97.0 Å². The first-order valence-corrected chi connectivity index (χ1v) is 7.33. The molecule has 8 heteroatoms. The fourth-order valence-electron chi connectivity index (χ4n) is 1.88. The van der Waals surface area contributed by atoms with Gasteiger partial charge >= 0.3 is 5.97 Å². The number of carbonyl (C=O) groups is 2. The maximum Gasteiger partial charge on any atom is 0.342 e. The number of aryl methyl sites for hydroxylation is 2. The smallest absolute Gasteiger partial charge is 0.342 e. The minimum Gasteiger partial charge on any atom is -0.462 e. The Bertz CT molecular complexity index is 662. The van der Waals surface area contributed by atoms with Crippen molar-refractivity contribution in [2.45, 2.75) is 27.2 Å². The van der Waals surface area contributed by atoms with E-state index in [9.17, 15) is 9.59 Å². The summed E-state index contributed by atoms with van der Waals surface area (Å²) in [6.07, 6.45) is 2.19. The van der Waals surface area contributed by atoms with Crippen molar-refractivity contribution in [2.75, 3.05) is 11.9 Å². The molecule has 112 valence electrons. The van der Waals surface area contributed by atoms with Gasteiger partial charge in [-0.15, -0.1) is 5.10 Å². The molecule has 0 atom stereocenters. The van der Waals surface area contributed by atoms with Gasteiger partial charge in [-0.05, 0) is 31.8 Å². The monoisotopic (exact) mass is 308 g/mol. The lowest BCUT2D eigenvalue weighted by molar-refractivity contribution is 0.0527. The summed E-state index contributed by atoms with van der Waals surface area (Å²) in [5.74, 6) is -0.795. The molecule has 0 bridgehead atoms. The molecule has 2 N–H and O–H groups in total. The maximum absolute atomic E-state index is 12.3.